The molecular formula is C23H35F3N2O5. The van der Waals surface area contributed by atoms with Gasteiger partial charge in [0.1, 0.15) is 0 Å². The molecule has 1 aliphatic rings. The SMILES string of the molecule is CN(C)CCCNCCC1(c2cccc(C(F)(F)F)c2)CCOC(C)(C)C1.O=C(O)C(=O)O. The summed E-state index contributed by atoms with van der Waals surface area (Å²) in [5, 5.41) is 18.2. The predicted octanol–water partition coefficient (Wildman–Crippen LogP) is 3.62. The highest BCUT2D eigenvalue weighted by atomic mass is 19.4. The lowest BCUT2D eigenvalue weighted by Crippen LogP contribution is -2.45. The number of nitrogens with one attached hydrogen (secondary N) is 1. The van der Waals surface area contributed by atoms with Gasteiger partial charge in [0, 0.05) is 12.0 Å². The van der Waals surface area contributed by atoms with Crippen molar-refractivity contribution in [2.45, 2.75) is 56.7 Å². The largest absolute Gasteiger partial charge is 0.473 e. The molecule has 188 valence electrons. The van der Waals surface area contributed by atoms with E-state index in [1.54, 1.807) is 0 Å². The van der Waals surface area contributed by atoms with Crippen LogP contribution < -0.4 is 5.32 Å². The summed E-state index contributed by atoms with van der Waals surface area (Å²) in [6.07, 6.45) is -0.985. The van der Waals surface area contributed by atoms with Crippen LogP contribution in [0.4, 0.5) is 13.2 Å². The summed E-state index contributed by atoms with van der Waals surface area (Å²) < 4.78 is 45.5. The Morgan fingerprint density at radius 2 is 1.79 bits per heavy atom. The number of ether oxygens (including phenoxy) is 1. The van der Waals surface area contributed by atoms with Crippen molar-refractivity contribution < 1.29 is 37.7 Å². The summed E-state index contributed by atoms with van der Waals surface area (Å²) in [5.74, 6) is -3.65. The van der Waals surface area contributed by atoms with Gasteiger partial charge >= 0.3 is 18.1 Å². The molecule has 1 aromatic carbocycles. The van der Waals surface area contributed by atoms with Crippen molar-refractivity contribution >= 4 is 11.9 Å². The minimum atomic E-state index is -4.32. The number of rotatable bonds is 8. The van der Waals surface area contributed by atoms with Crippen LogP contribution in [0.2, 0.25) is 0 Å². The Hall–Kier alpha value is -2.17. The molecule has 0 saturated carbocycles. The van der Waals surface area contributed by atoms with Gasteiger partial charge in [0.25, 0.3) is 0 Å². The number of nitrogens with zero attached hydrogens (tertiary/aromatic N) is 1. The summed E-state index contributed by atoms with van der Waals surface area (Å²) >= 11 is 0. The molecule has 2 rings (SSSR count). The highest BCUT2D eigenvalue weighted by Gasteiger charge is 2.42. The standard InChI is InChI=1S/C21H33F3N2O.C2H2O4/c1-19(2)16-20(10-14-27-19,9-12-25-11-6-13-26(3)4)17-7-5-8-18(15-17)21(22,23)24;3-1(4)2(5)6/h5,7-8,15,25H,6,9-14,16H2,1-4H3;(H,3,4)(H,5,6). The van der Waals surface area contributed by atoms with Gasteiger partial charge in [0.2, 0.25) is 0 Å². The van der Waals surface area contributed by atoms with Crippen molar-refractivity contribution in [3.8, 4) is 0 Å². The van der Waals surface area contributed by atoms with Crippen LogP contribution in [-0.2, 0) is 25.9 Å². The smallest absolute Gasteiger partial charge is 0.416 e. The molecule has 3 N–H and O–H groups in total. The van der Waals surface area contributed by atoms with Crippen molar-refractivity contribution in [1.29, 1.82) is 0 Å². The van der Waals surface area contributed by atoms with E-state index in [9.17, 15) is 13.2 Å². The molecule has 33 heavy (non-hydrogen) atoms. The average molecular weight is 477 g/mol. The van der Waals surface area contributed by atoms with Crippen LogP contribution in [0.25, 0.3) is 0 Å². The van der Waals surface area contributed by atoms with Crippen molar-refractivity contribution in [3.05, 3.63) is 35.4 Å². The molecule has 1 saturated heterocycles. The van der Waals surface area contributed by atoms with E-state index in [1.807, 2.05) is 34.0 Å². The van der Waals surface area contributed by atoms with E-state index >= 15 is 0 Å². The maximum absolute atomic E-state index is 13.2. The fraction of sp³-hybridized carbons (Fsp3) is 0.652. The van der Waals surface area contributed by atoms with Crippen LogP contribution in [0.5, 0.6) is 0 Å². The maximum Gasteiger partial charge on any atom is 0.416 e. The molecule has 7 nitrogen and oxygen atoms in total. The van der Waals surface area contributed by atoms with Gasteiger partial charge in [-0.25, -0.2) is 9.59 Å². The number of halogens is 3. The van der Waals surface area contributed by atoms with Crippen molar-refractivity contribution in [3.63, 3.8) is 0 Å². The third-order valence-electron chi connectivity index (χ3n) is 5.56. The number of aliphatic carboxylic acids is 2. The van der Waals surface area contributed by atoms with Crippen molar-refractivity contribution in [2.24, 2.45) is 0 Å². The topological polar surface area (TPSA) is 99.1 Å². The van der Waals surface area contributed by atoms with E-state index in [4.69, 9.17) is 24.5 Å². The fourth-order valence-corrected chi connectivity index (χ4v) is 4.08. The molecule has 0 spiro atoms. The first kappa shape index (κ1) is 28.9. The van der Waals surface area contributed by atoms with Crippen LogP contribution >= 0.6 is 0 Å². The molecule has 0 radical (unpaired) electrons. The number of hydrogen-bond acceptors (Lipinski definition) is 5. The van der Waals surface area contributed by atoms with Crippen LogP contribution in [0.3, 0.4) is 0 Å². The Labute approximate surface area is 192 Å². The zero-order valence-electron chi connectivity index (χ0n) is 19.7. The summed E-state index contributed by atoms with van der Waals surface area (Å²) in [5.41, 5.74) is -0.416. The molecule has 1 unspecified atom stereocenters. The van der Waals surface area contributed by atoms with E-state index in [2.05, 4.69) is 10.2 Å². The molecule has 1 heterocycles. The second-order valence-corrected chi connectivity index (χ2v) is 9.16. The van der Waals surface area contributed by atoms with Crippen LogP contribution in [0.15, 0.2) is 24.3 Å². The first-order valence-electron chi connectivity index (χ1n) is 10.8. The quantitative estimate of drug-likeness (QED) is 0.389. The Balaban J connectivity index is 0.000000801. The zero-order valence-corrected chi connectivity index (χ0v) is 19.7. The van der Waals surface area contributed by atoms with Gasteiger partial charge in [-0.2, -0.15) is 13.2 Å². The average Bonchev–Trinajstić information content (AvgIpc) is 2.69. The third kappa shape index (κ3) is 10.1. The lowest BCUT2D eigenvalue weighted by molar-refractivity contribution is -0.159. The monoisotopic (exact) mass is 476 g/mol. The van der Waals surface area contributed by atoms with Crippen molar-refractivity contribution in [1.82, 2.24) is 10.2 Å². The maximum atomic E-state index is 13.2. The zero-order chi connectivity index (χ0) is 25.3. The van der Waals surface area contributed by atoms with E-state index < -0.39 is 23.7 Å². The first-order chi connectivity index (χ1) is 15.2. The Bertz CT molecular complexity index is 772. The molecule has 0 aromatic heterocycles. The highest BCUT2D eigenvalue weighted by Crippen LogP contribution is 2.45. The van der Waals surface area contributed by atoms with Crippen LogP contribution in [-0.4, -0.2) is 73.0 Å². The molecule has 1 fully saturated rings. The third-order valence-corrected chi connectivity index (χ3v) is 5.56. The first-order valence-corrected chi connectivity index (χ1v) is 10.8. The second-order valence-electron chi connectivity index (χ2n) is 9.16. The van der Waals surface area contributed by atoms with Gasteiger partial charge in [-0.05, 0) is 84.9 Å². The Kier molecular flexibility index (Phi) is 10.8. The minimum absolute atomic E-state index is 0.294. The molecule has 10 heteroatoms. The summed E-state index contributed by atoms with van der Waals surface area (Å²) in [6.45, 7) is 7.35. The number of alkyl halides is 3. The van der Waals surface area contributed by atoms with Crippen LogP contribution in [0.1, 0.15) is 50.7 Å². The Morgan fingerprint density at radius 3 is 2.30 bits per heavy atom. The van der Waals surface area contributed by atoms with Gasteiger partial charge in [0.05, 0.1) is 11.2 Å². The van der Waals surface area contributed by atoms with E-state index in [1.165, 1.54) is 12.1 Å². The van der Waals surface area contributed by atoms with Gasteiger partial charge < -0.3 is 25.2 Å². The number of carboxylic acid groups (broad SMARTS) is 2. The molecular weight excluding hydrogens is 441 g/mol. The lowest BCUT2D eigenvalue weighted by atomic mass is 9.67. The normalized spacial score (nSPS) is 20.1. The summed E-state index contributed by atoms with van der Waals surface area (Å²) in [7, 11) is 4.10. The van der Waals surface area contributed by atoms with E-state index in [-0.39, 0.29) is 11.0 Å². The number of benzene rings is 1. The summed E-state index contributed by atoms with van der Waals surface area (Å²) in [6, 6.07) is 5.88. The van der Waals surface area contributed by atoms with E-state index in [0.717, 1.165) is 56.9 Å². The van der Waals surface area contributed by atoms with Crippen LogP contribution in [0, 0.1) is 0 Å². The molecule has 0 amide bonds. The van der Waals surface area contributed by atoms with Gasteiger partial charge in [-0.1, -0.05) is 18.2 Å². The number of carboxylic acids is 2. The number of hydrogen-bond donors (Lipinski definition) is 3. The molecule has 1 aromatic rings. The molecule has 0 aliphatic carbocycles. The number of carbonyl (C=O) groups is 2. The predicted molar refractivity (Wildman–Crippen MR) is 118 cm³/mol. The molecule has 0 bridgehead atoms. The van der Waals surface area contributed by atoms with Gasteiger partial charge in [0.15, 0.2) is 0 Å². The van der Waals surface area contributed by atoms with Gasteiger partial charge in [-0.3, -0.25) is 0 Å². The molecule has 1 aliphatic heterocycles. The van der Waals surface area contributed by atoms with E-state index in [0.29, 0.717) is 6.61 Å². The van der Waals surface area contributed by atoms with Gasteiger partial charge in [-0.15, -0.1) is 0 Å². The highest BCUT2D eigenvalue weighted by molar-refractivity contribution is 6.27. The fourth-order valence-electron chi connectivity index (χ4n) is 4.08. The lowest BCUT2D eigenvalue weighted by Gasteiger charge is -2.46. The summed E-state index contributed by atoms with van der Waals surface area (Å²) in [4.78, 5) is 20.3. The second kappa shape index (κ2) is 12.3. The minimum Gasteiger partial charge on any atom is -0.473 e. The molecule has 1 atom stereocenters. The van der Waals surface area contributed by atoms with Crippen molar-refractivity contribution in [2.75, 3.05) is 40.3 Å². The Morgan fingerprint density at radius 1 is 1.15 bits per heavy atom.